The summed E-state index contributed by atoms with van der Waals surface area (Å²) in [6.07, 6.45) is 2.25. The molecule has 1 fully saturated rings. The molecule has 24 heavy (non-hydrogen) atoms. The molecule has 0 aromatic heterocycles. The lowest BCUT2D eigenvalue weighted by Gasteiger charge is -2.22. The first-order valence-electron chi connectivity index (χ1n) is 8.26. The average molecular weight is 351 g/mol. The molecule has 0 radical (unpaired) electrons. The van der Waals surface area contributed by atoms with Crippen molar-refractivity contribution in [3.8, 4) is 0 Å². The summed E-state index contributed by atoms with van der Waals surface area (Å²) in [4.78, 5) is 16.1. The van der Waals surface area contributed by atoms with Crippen LogP contribution < -0.4 is 16.0 Å². The molecule has 0 heterocycles. The van der Waals surface area contributed by atoms with E-state index in [0.29, 0.717) is 5.96 Å². The van der Waals surface area contributed by atoms with Crippen molar-refractivity contribution in [1.29, 1.82) is 0 Å². The SMILES string of the molecule is CN=C(NCC(=O)NC(C)(C)C)NCC1(c2cccc(Cl)c2)CC1. The second kappa shape index (κ2) is 7.43. The Morgan fingerprint density at radius 2 is 2.00 bits per heavy atom. The van der Waals surface area contributed by atoms with Gasteiger partial charge in [-0.15, -0.1) is 0 Å². The average Bonchev–Trinajstić information content (AvgIpc) is 3.27. The molecule has 1 aromatic rings. The van der Waals surface area contributed by atoms with Crippen LogP contribution in [0.5, 0.6) is 0 Å². The summed E-state index contributed by atoms with van der Waals surface area (Å²) in [5.74, 6) is 0.578. The maximum atomic E-state index is 11.9. The molecule has 1 aliphatic rings. The molecular formula is C18H27ClN4O. The van der Waals surface area contributed by atoms with Gasteiger partial charge in [-0.25, -0.2) is 0 Å². The van der Waals surface area contributed by atoms with Crippen LogP contribution >= 0.6 is 11.6 Å². The fourth-order valence-electron chi connectivity index (χ4n) is 2.64. The van der Waals surface area contributed by atoms with E-state index in [2.05, 4.69) is 27.0 Å². The minimum absolute atomic E-state index is 0.0542. The van der Waals surface area contributed by atoms with E-state index in [0.717, 1.165) is 24.4 Å². The molecule has 2 rings (SSSR count). The first kappa shape index (κ1) is 18.6. The van der Waals surface area contributed by atoms with Crippen molar-refractivity contribution < 1.29 is 4.79 Å². The zero-order valence-corrected chi connectivity index (χ0v) is 15.6. The third-order valence-electron chi connectivity index (χ3n) is 4.04. The van der Waals surface area contributed by atoms with Gasteiger partial charge < -0.3 is 16.0 Å². The van der Waals surface area contributed by atoms with Crippen LogP contribution in [0.1, 0.15) is 39.2 Å². The zero-order valence-electron chi connectivity index (χ0n) is 14.9. The molecule has 0 unspecified atom stereocenters. The van der Waals surface area contributed by atoms with Crippen molar-refractivity contribution in [3.05, 3.63) is 34.9 Å². The summed E-state index contributed by atoms with van der Waals surface area (Å²) < 4.78 is 0. The lowest BCUT2D eigenvalue weighted by Crippen LogP contribution is -2.49. The minimum atomic E-state index is -0.236. The van der Waals surface area contributed by atoms with Crippen molar-refractivity contribution in [2.24, 2.45) is 4.99 Å². The van der Waals surface area contributed by atoms with E-state index in [-0.39, 0.29) is 23.4 Å². The van der Waals surface area contributed by atoms with Gasteiger partial charge in [-0.05, 0) is 51.3 Å². The fraction of sp³-hybridized carbons (Fsp3) is 0.556. The van der Waals surface area contributed by atoms with E-state index in [4.69, 9.17) is 11.6 Å². The van der Waals surface area contributed by atoms with Gasteiger partial charge in [0, 0.05) is 29.6 Å². The highest BCUT2D eigenvalue weighted by Gasteiger charge is 2.44. The Kier molecular flexibility index (Phi) is 5.75. The number of carbonyl (C=O) groups is 1. The molecule has 132 valence electrons. The number of nitrogens with one attached hydrogen (secondary N) is 3. The third-order valence-corrected chi connectivity index (χ3v) is 4.27. The van der Waals surface area contributed by atoms with Crippen LogP contribution in [0.25, 0.3) is 0 Å². The second-order valence-corrected chi connectivity index (χ2v) is 7.80. The van der Waals surface area contributed by atoms with Gasteiger partial charge in [-0.1, -0.05) is 23.7 Å². The van der Waals surface area contributed by atoms with E-state index in [1.807, 2.05) is 39.0 Å². The highest BCUT2D eigenvalue weighted by Crippen LogP contribution is 2.48. The number of rotatable bonds is 5. The molecular weight excluding hydrogens is 324 g/mol. The third kappa shape index (κ3) is 5.41. The molecule has 1 amide bonds. The molecule has 0 spiro atoms. The van der Waals surface area contributed by atoms with Crippen molar-refractivity contribution in [1.82, 2.24) is 16.0 Å². The monoisotopic (exact) mass is 350 g/mol. The number of benzene rings is 1. The van der Waals surface area contributed by atoms with Gasteiger partial charge in [0.2, 0.25) is 5.91 Å². The molecule has 1 aromatic carbocycles. The van der Waals surface area contributed by atoms with Gasteiger partial charge in [0.1, 0.15) is 0 Å². The molecule has 0 aliphatic heterocycles. The van der Waals surface area contributed by atoms with Crippen LogP contribution in [-0.4, -0.2) is 37.5 Å². The predicted octanol–water partition coefficient (Wildman–Crippen LogP) is 2.45. The first-order chi connectivity index (χ1) is 11.2. The summed E-state index contributed by atoms with van der Waals surface area (Å²) in [7, 11) is 1.70. The van der Waals surface area contributed by atoms with Crippen molar-refractivity contribution in [2.75, 3.05) is 20.1 Å². The topological polar surface area (TPSA) is 65.5 Å². The van der Waals surface area contributed by atoms with Gasteiger partial charge in [0.05, 0.1) is 6.54 Å². The van der Waals surface area contributed by atoms with Crippen molar-refractivity contribution >= 4 is 23.5 Å². The van der Waals surface area contributed by atoms with E-state index in [1.165, 1.54) is 5.56 Å². The lowest BCUT2D eigenvalue weighted by atomic mass is 9.96. The van der Waals surface area contributed by atoms with Gasteiger partial charge in [-0.2, -0.15) is 0 Å². The lowest BCUT2D eigenvalue weighted by molar-refractivity contribution is -0.121. The Labute approximate surface area is 149 Å². The molecule has 6 heteroatoms. The molecule has 0 bridgehead atoms. The molecule has 5 nitrogen and oxygen atoms in total. The number of guanidine groups is 1. The highest BCUT2D eigenvalue weighted by molar-refractivity contribution is 6.30. The molecule has 0 atom stereocenters. The van der Waals surface area contributed by atoms with Crippen LogP contribution in [-0.2, 0) is 10.2 Å². The van der Waals surface area contributed by atoms with E-state index < -0.39 is 0 Å². The Hall–Kier alpha value is -1.75. The standard InChI is InChI=1S/C18H27ClN4O/c1-17(2,3)23-15(24)11-21-16(20-4)22-12-18(8-9-18)13-6-5-7-14(19)10-13/h5-7,10H,8-9,11-12H2,1-4H3,(H,23,24)(H2,20,21,22). The summed E-state index contributed by atoms with van der Waals surface area (Å²) in [6.45, 7) is 6.84. The Balaban J connectivity index is 1.85. The molecule has 0 saturated heterocycles. The number of nitrogens with zero attached hydrogens (tertiary/aromatic N) is 1. The quantitative estimate of drug-likeness (QED) is 0.564. The summed E-state index contributed by atoms with van der Waals surface area (Å²) in [6, 6.07) is 8.03. The summed E-state index contributed by atoms with van der Waals surface area (Å²) in [5.41, 5.74) is 1.14. The van der Waals surface area contributed by atoms with Crippen LogP contribution in [0.2, 0.25) is 5.02 Å². The summed E-state index contributed by atoms with van der Waals surface area (Å²) in [5, 5.41) is 10.1. The molecule has 3 N–H and O–H groups in total. The number of hydrogen-bond donors (Lipinski definition) is 3. The number of aliphatic imine (C=N–C) groups is 1. The second-order valence-electron chi connectivity index (χ2n) is 7.37. The largest absolute Gasteiger partial charge is 0.356 e. The number of hydrogen-bond acceptors (Lipinski definition) is 2. The number of carbonyl (C=O) groups excluding carboxylic acids is 1. The Morgan fingerprint density at radius 1 is 1.29 bits per heavy atom. The van der Waals surface area contributed by atoms with Gasteiger partial charge in [-0.3, -0.25) is 9.79 Å². The van der Waals surface area contributed by atoms with E-state index in [1.54, 1.807) is 7.05 Å². The Bertz CT molecular complexity index is 618. The van der Waals surface area contributed by atoms with Crippen LogP contribution in [0.15, 0.2) is 29.3 Å². The fourth-order valence-corrected chi connectivity index (χ4v) is 2.83. The normalized spacial score (nSPS) is 16.5. The number of halogens is 1. The molecule has 1 saturated carbocycles. The Morgan fingerprint density at radius 3 is 2.54 bits per heavy atom. The summed E-state index contributed by atoms with van der Waals surface area (Å²) >= 11 is 6.11. The highest BCUT2D eigenvalue weighted by atomic mass is 35.5. The van der Waals surface area contributed by atoms with Gasteiger partial charge in [0.15, 0.2) is 5.96 Å². The smallest absolute Gasteiger partial charge is 0.239 e. The van der Waals surface area contributed by atoms with Gasteiger partial charge >= 0.3 is 0 Å². The maximum absolute atomic E-state index is 11.9. The maximum Gasteiger partial charge on any atom is 0.239 e. The first-order valence-corrected chi connectivity index (χ1v) is 8.63. The zero-order chi connectivity index (χ0) is 17.8. The van der Waals surface area contributed by atoms with Crippen LogP contribution in [0.4, 0.5) is 0 Å². The van der Waals surface area contributed by atoms with Crippen molar-refractivity contribution in [3.63, 3.8) is 0 Å². The van der Waals surface area contributed by atoms with E-state index >= 15 is 0 Å². The van der Waals surface area contributed by atoms with Gasteiger partial charge in [0.25, 0.3) is 0 Å². The molecule has 1 aliphatic carbocycles. The van der Waals surface area contributed by atoms with E-state index in [9.17, 15) is 4.79 Å². The predicted molar refractivity (Wildman–Crippen MR) is 99.6 cm³/mol. The van der Waals surface area contributed by atoms with Crippen molar-refractivity contribution in [2.45, 2.75) is 44.6 Å². The minimum Gasteiger partial charge on any atom is -0.356 e. The van der Waals surface area contributed by atoms with Crippen LogP contribution in [0, 0.1) is 0 Å². The van der Waals surface area contributed by atoms with Crippen LogP contribution in [0.3, 0.4) is 0 Å². The number of amides is 1.